The fraction of sp³-hybridized carbons (Fsp3) is 0.200. The molecule has 0 aliphatic carbocycles. The summed E-state index contributed by atoms with van der Waals surface area (Å²) in [5, 5.41) is 3.25. The van der Waals surface area contributed by atoms with Crippen LogP contribution in [0.15, 0.2) is 71.7 Å². The quantitative estimate of drug-likeness (QED) is 0.312. The van der Waals surface area contributed by atoms with Gasteiger partial charge in [0.1, 0.15) is 4.75 Å². The Balaban J connectivity index is 1.74. The number of aliphatic imine (C=N–C) groups is 1. The van der Waals surface area contributed by atoms with Crippen LogP contribution < -0.4 is 5.32 Å². The van der Waals surface area contributed by atoms with Crippen LogP contribution in [0.5, 0.6) is 0 Å². The number of hydrogen-bond donors (Lipinski definition) is 1. The van der Waals surface area contributed by atoms with Crippen molar-refractivity contribution in [3.8, 4) is 0 Å². The van der Waals surface area contributed by atoms with E-state index in [1.807, 2.05) is 0 Å². The molecule has 3 aromatic carbocycles. The maximum absolute atomic E-state index is 13.3. The summed E-state index contributed by atoms with van der Waals surface area (Å²) in [6, 6.07) is 13.5. The lowest BCUT2D eigenvalue weighted by molar-refractivity contribution is -0.138. The van der Waals surface area contributed by atoms with E-state index >= 15 is 0 Å². The fourth-order valence-corrected chi connectivity index (χ4v) is 5.44. The van der Waals surface area contributed by atoms with Crippen molar-refractivity contribution in [1.29, 1.82) is 0 Å². The van der Waals surface area contributed by atoms with Crippen molar-refractivity contribution in [2.24, 2.45) is 4.99 Å². The number of rotatable bonds is 5. The molecule has 0 radical (unpaired) electrons. The first kappa shape index (κ1) is 27.3. The molecule has 0 unspecified atom stereocenters. The highest BCUT2D eigenvalue weighted by molar-refractivity contribution is 8.16. The van der Waals surface area contributed by atoms with Gasteiger partial charge in [-0.1, -0.05) is 71.4 Å². The average molecular weight is 577 g/mol. The van der Waals surface area contributed by atoms with Gasteiger partial charge in [0.25, 0.3) is 0 Å². The van der Waals surface area contributed by atoms with Crippen molar-refractivity contribution in [3.63, 3.8) is 0 Å². The molecular formula is C25H16Cl2F6N2OS. The summed E-state index contributed by atoms with van der Waals surface area (Å²) in [6.07, 6.45) is -9.58. The third kappa shape index (κ3) is 6.42. The van der Waals surface area contributed by atoms with Crippen molar-refractivity contribution in [2.45, 2.75) is 29.9 Å². The van der Waals surface area contributed by atoms with Gasteiger partial charge in [-0.25, -0.2) is 4.99 Å². The second kappa shape index (κ2) is 10.2. The Kier molecular flexibility index (Phi) is 7.56. The van der Waals surface area contributed by atoms with E-state index in [9.17, 15) is 31.1 Å². The van der Waals surface area contributed by atoms with Gasteiger partial charge in [-0.2, -0.15) is 26.3 Å². The van der Waals surface area contributed by atoms with Gasteiger partial charge in [0, 0.05) is 0 Å². The number of carbonyl (C=O) groups is 1. The molecule has 37 heavy (non-hydrogen) atoms. The van der Waals surface area contributed by atoms with Gasteiger partial charge in [-0.3, -0.25) is 4.79 Å². The van der Waals surface area contributed by atoms with Crippen LogP contribution in [0.1, 0.15) is 22.3 Å². The third-order valence-corrected chi connectivity index (χ3v) is 7.54. The number of nitrogens with one attached hydrogen (secondary N) is 1. The topological polar surface area (TPSA) is 41.5 Å². The number of benzene rings is 3. The van der Waals surface area contributed by atoms with Crippen molar-refractivity contribution in [2.75, 3.05) is 0 Å². The van der Waals surface area contributed by atoms with E-state index in [0.717, 1.165) is 36.0 Å². The minimum atomic E-state index is -4.60. The molecule has 0 spiro atoms. The zero-order valence-electron chi connectivity index (χ0n) is 18.6. The summed E-state index contributed by atoms with van der Waals surface area (Å²) < 4.78 is 78.3. The third-order valence-electron chi connectivity index (χ3n) is 5.55. The Labute approximate surface area is 221 Å². The van der Waals surface area contributed by atoms with Gasteiger partial charge in [0.2, 0.25) is 5.91 Å². The Morgan fingerprint density at radius 1 is 0.784 bits per heavy atom. The fourth-order valence-electron chi connectivity index (χ4n) is 3.86. The minimum Gasteiger partial charge on any atom is -0.304 e. The number of nitrogens with zero attached hydrogens (tertiary/aromatic N) is 1. The first-order valence-corrected chi connectivity index (χ1v) is 12.2. The average Bonchev–Trinajstić information content (AvgIpc) is 3.09. The SMILES string of the molecule is O=C1NC(=Nc2ccc(Cl)c(Cl)c2)SC1(Cc1cccc(C(F)(F)F)c1)Cc1cccc(C(F)(F)F)c1. The second-order valence-electron chi connectivity index (χ2n) is 8.32. The molecule has 1 saturated heterocycles. The summed E-state index contributed by atoms with van der Waals surface area (Å²) in [5.41, 5.74) is -1.05. The van der Waals surface area contributed by atoms with Gasteiger partial charge < -0.3 is 5.32 Å². The Hall–Kier alpha value is -2.69. The van der Waals surface area contributed by atoms with Gasteiger partial charge in [0.15, 0.2) is 5.17 Å². The first-order chi connectivity index (χ1) is 17.2. The van der Waals surface area contributed by atoms with Crippen molar-refractivity contribution in [1.82, 2.24) is 5.32 Å². The molecule has 194 valence electrons. The molecule has 1 heterocycles. The number of hydrogen-bond acceptors (Lipinski definition) is 3. The molecule has 3 aromatic rings. The maximum atomic E-state index is 13.3. The molecule has 0 atom stereocenters. The number of alkyl halides is 6. The van der Waals surface area contributed by atoms with E-state index in [1.54, 1.807) is 6.07 Å². The maximum Gasteiger partial charge on any atom is 0.416 e. The predicted molar refractivity (Wildman–Crippen MR) is 132 cm³/mol. The minimum absolute atomic E-state index is 0.127. The summed E-state index contributed by atoms with van der Waals surface area (Å²) in [7, 11) is 0. The highest BCUT2D eigenvalue weighted by atomic mass is 35.5. The van der Waals surface area contributed by atoms with Crippen LogP contribution >= 0.6 is 35.0 Å². The monoisotopic (exact) mass is 576 g/mol. The Morgan fingerprint density at radius 2 is 1.32 bits per heavy atom. The molecule has 4 rings (SSSR count). The largest absolute Gasteiger partial charge is 0.416 e. The van der Waals surface area contributed by atoms with E-state index in [-0.39, 0.29) is 39.2 Å². The molecule has 1 aliphatic rings. The molecule has 0 saturated carbocycles. The number of thioether (sulfide) groups is 1. The van der Waals surface area contributed by atoms with Crippen molar-refractivity contribution in [3.05, 3.63) is 99.0 Å². The van der Waals surface area contributed by atoms with Gasteiger partial charge in [-0.05, 0) is 54.3 Å². The molecule has 0 bridgehead atoms. The summed E-state index contributed by atoms with van der Waals surface area (Å²) in [5.74, 6) is -0.592. The number of amidine groups is 1. The standard InChI is InChI=1S/C25H16Cl2F6N2OS/c26-19-8-7-18(11-20(19)27)34-22-35-21(36)23(37-22,12-14-3-1-5-16(9-14)24(28,29)30)13-15-4-2-6-17(10-15)25(31,32)33/h1-11H,12-13H2,(H,34,35,36). The predicted octanol–water partition coefficient (Wildman–Crippen LogP) is 8.11. The summed E-state index contributed by atoms with van der Waals surface area (Å²) in [4.78, 5) is 17.6. The van der Waals surface area contributed by atoms with Gasteiger partial charge >= 0.3 is 12.4 Å². The van der Waals surface area contributed by atoms with E-state index in [2.05, 4.69) is 10.3 Å². The number of halogens is 8. The lowest BCUT2D eigenvalue weighted by atomic mass is 9.89. The summed E-state index contributed by atoms with van der Waals surface area (Å²) in [6.45, 7) is 0. The van der Waals surface area contributed by atoms with Gasteiger partial charge in [0.05, 0.1) is 26.9 Å². The van der Waals surface area contributed by atoms with E-state index in [4.69, 9.17) is 23.2 Å². The van der Waals surface area contributed by atoms with E-state index < -0.39 is 34.1 Å². The second-order valence-corrected chi connectivity index (χ2v) is 10.5. The van der Waals surface area contributed by atoms with Crippen molar-refractivity contribution >= 4 is 51.7 Å². The zero-order valence-corrected chi connectivity index (χ0v) is 20.9. The first-order valence-electron chi connectivity index (χ1n) is 10.6. The Bertz CT molecular complexity index is 1310. The van der Waals surface area contributed by atoms with Crippen molar-refractivity contribution < 1.29 is 31.1 Å². The van der Waals surface area contributed by atoms with Crippen LogP contribution in [0.4, 0.5) is 32.0 Å². The Morgan fingerprint density at radius 3 is 1.81 bits per heavy atom. The van der Waals surface area contributed by atoms with Gasteiger partial charge in [-0.15, -0.1) is 0 Å². The highest BCUT2D eigenvalue weighted by Crippen LogP contribution is 2.41. The molecule has 1 amide bonds. The zero-order chi connectivity index (χ0) is 27.0. The summed E-state index contributed by atoms with van der Waals surface area (Å²) >= 11 is 12.9. The molecule has 1 N–H and O–H groups in total. The smallest absolute Gasteiger partial charge is 0.304 e. The normalized spacial score (nSPS) is 16.8. The highest BCUT2D eigenvalue weighted by Gasteiger charge is 2.47. The molecule has 1 aliphatic heterocycles. The molecular weight excluding hydrogens is 561 g/mol. The van der Waals surface area contributed by atoms with Crippen LogP contribution in [-0.2, 0) is 30.0 Å². The van der Waals surface area contributed by atoms with E-state index in [0.29, 0.717) is 5.69 Å². The molecule has 1 fully saturated rings. The van der Waals surface area contributed by atoms with Crippen LogP contribution in [0.2, 0.25) is 10.0 Å². The van der Waals surface area contributed by atoms with E-state index in [1.165, 1.54) is 36.4 Å². The molecule has 12 heteroatoms. The number of carbonyl (C=O) groups excluding carboxylic acids is 1. The number of amides is 1. The van der Waals surface area contributed by atoms with Crippen LogP contribution in [0.25, 0.3) is 0 Å². The van der Waals surface area contributed by atoms with Crippen LogP contribution in [0, 0.1) is 0 Å². The van der Waals surface area contributed by atoms with Crippen LogP contribution in [-0.4, -0.2) is 15.8 Å². The lowest BCUT2D eigenvalue weighted by Crippen LogP contribution is -2.40. The van der Waals surface area contributed by atoms with Crippen LogP contribution in [0.3, 0.4) is 0 Å². The lowest BCUT2D eigenvalue weighted by Gasteiger charge is -2.25. The molecule has 0 aromatic heterocycles. The molecule has 3 nitrogen and oxygen atoms in total.